The average molecular weight is 305 g/mol. The summed E-state index contributed by atoms with van der Waals surface area (Å²) < 4.78 is 5.77. The molecule has 0 saturated carbocycles. The van der Waals surface area contributed by atoms with Gasteiger partial charge in [-0.15, -0.1) is 0 Å². The molecule has 1 aromatic heterocycles. The van der Waals surface area contributed by atoms with E-state index in [0.717, 1.165) is 12.2 Å². The maximum absolute atomic E-state index is 6.01. The normalized spacial score (nSPS) is 10.9. The number of benzene rings is 1. The zero-order valence-corrected chi connectivity index (χ0v) is 13.5. The highest BCUT2D eigenvalue weighted by molar-refractivity contribution is 6.29. The van der Waals surface area contributed by atoms with Gasteiger partial charge in [0.25, 0.3) is 0 Å². The average Bonchev–Trinajstić information content (AvgIpc) is 2.46. The number of aryl methyl sites for hydroxylation is 1. The van der Waals surface area contributed by atoms with E-state index in [2.05, 4.69) is 29.0 Å². The molecule has 0 aliphatic carbocycles. The molecule has 21 heavy (non-hydrogen) atoms. The number of hydrogen-bond donors (Lipinski definition) is 0. The Kier molecular flexibility index (Phi) is 5.57. The van der Waals surface area contributed by atoms with Gasteiger partial charge >= 0.3 is 0 Å². The van der Waals surface area contributed by atoms with Gasteiger partial charge in [-0.3, -0.25) is 0 Å². The Morgan fingerprint density at radius 3 is 2.48 bits per heavy atom. The molecule has 3 nitrogen and oxygen atoms in total. The van der Waals surface area contributed by atoms with Crippen LogP contribution in [0.15, 0.2) is 30.3 Å². The van der Waals surface area contributed by atoms with Crippen molar-refractivity contribution in [1.82, 2.24) is 9.97 Å². The number of hydrogen-bond acceptors (Lipinski definition) is 3. The van der Waals surface area contributed by atoms with Crippen molar-refractivity contribution >= 4 is 11.6 Å². The lowest BCUT2D eigenvalue weighted by atomic mass is 10.1. The van der Waals surface area contributed by atoms with Crippen molar-refractivity contribution in [2.24, 2.45) is 0 Å². The van der Waals surface area contributed by atoms with Gasteiger partial charge in [-0.25, -0.2) is 4.98 Å². The van der Waals surface area contributed by atoms with Gasteiger partial charge in [0, 0.05) is 12.0 Å². The first-order valence-corrected chi connectivity index (χ1v) is 7.77. The van der Waals surface area contributed by atoms with E-state index in [9.17, 15) is 0 Å². The minimum atomic E-state index is 0.211. The van der Waals surface area contributed by atoms with Crippen molar-refractivity contribution in [2.45, 2.75) is 46.0 Å². The van der Waals surface area contributed by atoms with Crippen molar-refractivity contribution in [3.63, 3.8) is 0 Å². The summed E-state index contributed by atoms with van der Waals surface area (Å²) in [5, 5.41) is 0.406. The van der Waals surface area contributed by atoms with Crippen molar-refractivity contribution in [2.75, 3.05) is 0 Å². The standard InChI is InChI=1S/C17H21ClN2O/c1-4-5-6-13-7-9-14(10-8-13)21-16-11-15(18)19-17(20-16)12(2)3/h7-12H,4-6H2,1-3H3. The van der Waals surface area contributed by atoms with Gasteiger partial charge in [0.2, 0.25) is 5.88 Å². The van der Waals surface area contributed by atoms with Gasteiger partial charge in [0.1, 0.15) is 16.7 Å². The molecule has 0 saturated heterocycles. The van der Waals surface area contributed by atoms with Crippen LogP contribution in [-0.2, 0) is 6.42 Å². The first-order chi connectivity index (χ1) is 10.1. The summed E-state index contributed by atoms with van der Waals surface area (Å²) in [6.07, 6.45) is 3.52. The van der Waals surface area contributed by atoms with Gasteiger partial charge in [-0.05, 0) is 30.5 Å². The van der Waals surface area contributed by atoms with Crippen molar-refractivity contribution in [1.29, 1.82) is 0 Å². The number of nitrogens with zero attached hydrogens (tertiary/aromatic N) is 2. The van der Waals surface area contributed by atoms with Gasteiger partial charge in [-0.1, -0.05) is 50.9 Å². The Morgan fingerprint density at radius 2 is 1.86 bits per heavy atom. The Labute approximate surface area is 131 Å². The summed E-state index contributed by atoms with van der Waals surface area (Å²) in [5.41, 5.74) is 1.33. The number of unbranched alkanes of at least 4 members (excludes halogenated alkanes) is 1. The second-order valence-electron chi connectivity index (χ2n) is 5.39. The Balaban J connectivity index is 2.10. The van der Waals surface area contributed by atoms with E-state index in [0.29, 0.717) is 16.9 Å². The van der Waals surface area contributed by atoms with E-state index in [1.54, 1.807) is 6.07 Å². The summed E-state index contributed by atoms with van der Waals surface area (Å²) in [5.74, 6) is 2.15. The van der Waals surface area contributed by atoms with Crippen molar-refractivity contribution < 1.29 is 4.74 Å². The van der Waals surface area contributed by atoms with Crippen LogP contribution in [0.5, 0.6) is 11.6 Å². The lowest BCUT2D eigenvalue weighted by Gasteiger charge is -2.09. The molecular weight excluding hydrogens is 284 g/mol. The monoisotopic (exact) mass is 304 g/mol. The topological polar surface area (TPSA) is 35.0 Å². The first kappa shape index (κ1) is 15.8. The van der Waals surface area contributed by atoms with Crippen molar-refractivity contribution in [3.05, 3.63) is 46.9 Å². The minimum Gasteiger partial charge on any atom is -0.439 e. The largest absolute Gasteiger partial charge is 0.439 e. The molecule has 1 heterocycles. The fourth-order valence-corrected chi connectivity index (χ4v) is 2.13. The third-order valence-electron chi connectivity index (χ3n) is 3.17. The summed E-state index contributed by atoms with van der Waals surface area (Å²) in [6.45, 7) is 6.25. The molecule has 0 bridgehead atoms. The highest BCUT2D eigenvalue weighted by atomic mass is 35.5. The van der Waals surface area contributed by atoms with E-state index in [4.69, 9.17) is 16.3 Å². The number of rotatable bonds is 6. The molecule has 0 amide bonds. The van der Waals surface area contributed by atoms with Gasteiger partial charge < -0.3 is 4.74 Å². The second kappa shape index (κ2) is 7.41. The molecule has 0 aliphatic rings. The van der Waals surface area contributed by atoms with Crippen molar-refractivity contribution in [3.8, 4) is 11.6 Å². The van der Waals surface area contributed by atoms with Crippen LogP contribution >= 0.6 is 11.6 Å². The van der Waals surface area contributed by atoms with Crippen LogP contribution < -0.4 is 4.74 Å². The molecule has 1 aromatic carbocycles. The fraction of sp³-hybridized carbons (Fsp3) is 0.412. The van der Waals surface area contributed by atoms with Crippen LogP contribution in [0, 0.1) is 0 Å². The molecule has 112 valence electrons. The van der Waals surface area contributed by atoms with E-state index in [1.165, 1.54) is 18.4 Å². The Morgan fingerprint density at radius 1 is 1.14 bits per heavy atom. The van der Waals surface area contributed by atoms with E-state index in [1.807, 2.05) is 26.0 Å². The molecule has 2 aromatic rings. The molecule has 0 N–H and O–H groups in total. The van der Waals surface area contributed by atoms with Crippen LogP contribution in [0.4, 0.5) is 0 Å². The molecule has 2 rings (SSSR count). The molecule has 0 aliphatic heterocycles. The maximum atomic E-state index is 6.01. The summed E-state index contributed by atoms with van der Waals surface area (Å²) in [6, 6.07) is 9.76. The maximum Gasteiger partial charge on any atom is 0.224 e. The van der Waals surface area contributed by atoms with Crippen LogP contribution in [-0.4, -0.2) is 9.97 Å². The molecule has 0 radical (unpaired) electrons. The second-order valence-corrected chi connectivity index (χ2v) is 5.78. The highest BCUT2D eigenvalue weighted by Crippen LogP contribution is 2.24. The van der Waals surface area contributed by atoms with Crippen LogP contribution in [0.3, 0.4) is 0 Å². The van der Waals surface area contributed by atoms with Gasteiger partial charge in [0.05, 0.1) is 0 Å². The lowest BCUT2D eigenvalue weighted by Crippen LogP contribution is -1.99. The zero-order chi connectivity index (χ0) is 15.2. The van der Waals surface area contributed by atoms with E-state index >= 15 is 0 Å². The smallest absolute Gasteiger partial charge is 0.224 e. The molecule has 0 unspecified atom stereocenters. The zero-order valence-electron chi connectivity index (χ0n) is 12.8. The Bertz CT molecular complexity index is 582. The summed E-state index contributed by atoms with van der Waals surface area (Å²) in [7, 11) is 0. The lowest BCUT2D eigenvalue weighted by molar-refractivity contribution is 0.456. The minimum absolute atomic E-state index is 0.211. The highest BCUT2D eigenvalue weighted by Gasteiger charge is 2.08. The Hall–Kier alpha value is -1.61. The number of aromatic nitrogens is 2. The van der Waals surface area contributed by atoms with Crippen LogP contribution in [0.25, 0.3) is 0 Å². The third-order valence-corrected chi connectivity index (χ3v) is 3.36. The molecule has 4 heteroatoms. The fourth-order valence-electron chi connectivity index (χ4n) is 1.95. The predicted molar refractivity (Wildman–Crippen MR) is 86.3 cm³/mol. The number of ether oxygens (including phenoxy) is 1. The molecule has 0 atom stereocenters. The molecule has 0 fully saturated rings. The molecule has 0 spiro atoms. The van der Waals surface area contributed by atoms with E-state index < -0.39 is 0 Å². The van der Waals surface area contributed by atoms with Crippen LogP contribution in [0.1, 0.15) is 50.9 Å². The van der Waals surface area contributed by atoms with Gasteiger partial charge in [0.15, 0.2) is 0 Å². The van der Waals surface area contributed by atoms with E-state index in [-0.39, 0.29) is 5.92 Å². The SMILES string of the molecule is CCCCc1ccc(Oc2cc(Cl)nc(C(C)C)n2)cc1. The predicted octanol–water partition coefficient (Wildman–Crippen LogP) is 5.39. The van der Waals surface area contributed by atoms with Crippen LogP contribution in [0.2, 0.25) is 5.15 Å². The summed E-state index contributed by atoms with van der Waals surface area (Å²) in [4.78, 5) is 8.58. The molecular formula is C17H21ClN2O. The van der Waals surface area contributed by atoms with Gasteiger partial charge in [-0.2, -0.15) is 4.98 Å². The first-order valence-electron chi connectivity index (χ1n) is 7.39. The quantitative estimate of drug-likeness (QED) is 0.671. The third kappa shape index (κ3) is 4.71. The number of halogens is 1. The summed E-state index contributed by atoms with van der Waals surface area (Å²) >= 11 is 6.01.